The first-order chi connectivity index (χ1) is 8.20. The maximum Gasteiger partial charge on any atom is 0.226 e. The molecular weight excluding hydrogens is 286 g/mol. The topological polar surface area (TPSA) is 38.8 Å². The highest BCUT2D eigenvalue weighted by Crippen LogP contribution is 2.21. The molecule has 0 radical (unpaired) electrons. The molecule has 0 aromatic heterocycles. The van der Waals surface area contributed by atoms with Crippen molar-refractivity contribution in [3.8, 4) is 0 Å². The minimum Gasteiger partial charge on any atom is -0.381 e. The lowest BCUT2D eigenvalue weighted by Gasteiger charge is -2.38. The predicted octanol–water partition coefficient (Wildman–Crippen LogP) is 1.42. The lowest BCUT2D eigenvalue weighted by Crippen LogP contribution is -2.51. The van der Waals surface area contributed by atoms with Gasteiger partial charge in [-0.3, -0.25) is 4.79 Å². The van der Waals surface area contributed by atoms with Gasteiger partial charge in [-0.1, -0.05) is 15.9 Å². The Morgan fingerprint density at radius 3 is 2.71 bits per heavy atom. The molecule has 17 heavy (non-hydrogen) atoms. The monoisotopic (exact) mass is 305 g/mol. The standard InChI is InChI=1S/C12H20BrNO3/c1-9-7-14(8-11(6-13)17-9)12(15)10-2-4-16-5-3-10/h9-11H,2-8H2,1H3. The van der Waals surface area contributed by atoms with Gasteiger partial charge in [0.2, 0.25) is 5.91 Å². The third-order valence-electron chi connectivity index (χ3n) is 3.38. The molecule has 0 saturated carbocycles. The van der Waals surface area contributed by atoms with Crippen molar-refractivity contribution in [3.05, 3.63) is 0 Å². The Bertz CT molecular complexity index is 268. The number of amides is 1. The van der Waals surface area contributed by atoms with Crippen LogP contribution in [0.5, 0.6) is 0 Å². The molecule has 2 atom stereocenters. The van der Waals surface area contributed by atoms with E-state index in [9.17, 15) is 4.79 Å². The molecule has 2 unspecified atom stereocenters. The highest BCUT2D eigenvalue weighted by Gasteiger charge is 2.32. The summed E-state index contributed by atoms with van der Waals surface area (Å²) < 4.78 is 11.0. The van der Waals surface area contributed by atoms with Crippen molar-refractivity contribution >= 4 is 21.8 Å². The summed E-state index contributed by atoms with van der Waals surface area (Å²) in [4.78, 5) is 14.3. The zero-order valence-electron chi connectivity index (χ0n) is 10.2. The molecule has 0 aromatic rings. The number of alkyl halides is 1. The maximum absolute atomic E-state index is 12.4. The first-order valence-corrected chi connectivity index (χ1v) is 7.40. The minimum absolute atomic E-state index is 0.127. The van der Waals surface area contributed by atoms with Crippen LogP contribution >= 0.6 is 15.9 Å². The van der Waals surface area contributed by atoms with Gasteiger partial charge in [-0.15, -0.1) is 0 Å². The second kappa shape index (κ2) is 6.16. The summed E-state index contributed by atoms with van der Waals surface area (Å²) in [6.07, 6.45) is 1.99. The molecule has 0 N–H and O–H groups in total. The van der Waals surface area contributed by atoms with Gasteiger partial charge in [0.15, 0.2) is 0 Å². The molecule has 2 aliphatic heterocycles. The van der Waals surface area contributed by atoms with Crippen molar-refractivity contribution in [3.63, 3.8) is 0 Å². The normalized spacial score (nSPS) is 31.5. The van der Waals surface area contributed by atoms with E-state index in [4.69, 9.17) is 9.47 Å². The van der Waals surface area contributed by atoms with E-state index in [-0.39, 0.29) is 24.0 Å². The van der Waals surface area contributed by atoms with E-state index < -0.39 is 0 Å². The van der Waals surface area contributed by atoms with Crippen molar-refractivity contribution in [2.75, 3.05) is 31.6 Å². The number of ether oxygens (including phenoxy) is 2. The van der Waals surface area contributed by atoms with E-state index in [2.05, 4.69) is 15.9 Å². The Morgan fingerprint density at radius 1 is 1.35 bits per heavy atom. The Balaban J connectivity index is 1.93. The summed E-state index contributed by atoms with van der Waals surface area (Å²) in [6.45, 7) is 4.90. The van der Waals surface area contributed by atoms with Crippen LogP contribution in [0.25, 0.3) is 0 Å². The Morgan fingerprint density at radius 2 is 2.06 bits per heavy atom. The van der Waals surface area contributed by atoms with E-state index in [1.807, 2.05) is 11.8 Å². The van der Waals surface area contributed by atoms with Gasteiger partial charge in [0.05, 0.1) is 12.2 Å². The van der Waals surface area contributed by atoms with Gasteiger partial charge in [0, 0.05) is 37.6 Å². The van der Waals surface area contributed by atoms with Crippen LogP contribution in [0.1, 0.15) is 19.8 Å². The van der Waals surface area contributed by atoms with Crippen LogP contribution in [0, 0.1) is 5.92 Å². The summed E-state index contributed by atoms with van der Waals surface area (Å²) in [5.41, 5.74) is 0. The number of hydrogen-bond acceptors (Lipinski definition) is 3. The van der Waals surface area contributed by atoms with Crippen molar-refractivity contribution in [1.29, 1.82) is 0 Å². The molecule has 4 nitrogen and oxygen atoms in total. The molecule has 98 valence electrons. The fourth-order valence-electron chi connectivity index (χ4n) is 2.51. The molecule has 2 fully saturated rings. The van der Waals surface area contributed by atoms with Crippen LogP contribution in [0.3, 0.4) is 0 Å². The SMILES string of the molecule is CC1CN(C(=O)C2CCOCC2)CC(CBr)O1. The summed E-state index contributed by atoms with van der Waals surface area (Å²) in [7, 11) is 0. The molecule has 2 saturated heterocycles. The highest BCUT2D eigenvalue weighted by molar-refractivity contribution is 9.09. The molecule has 2 rings (SSSR count). The van der Waals surface area contributed by atoms with E-state index in [0.717, 1.165) is 37.9 Å². The zero-order valence-corrected chi connectivity index (χ0v) is 11.8. The third kappa shape index (κ3) is 3.42. The number of hydrogen-bond donors (Lipinski definition) is 0. The lowest BCUT2D eigenvalue weighted by molar-refractivity contribution is -0.149. The number of nitrogens with zero attached hydrogens (tertiary/aromatic N) is 1. The molecule has 2 aliphatic rings. The van der Waals surface area contributed by atoms with Crippen LogP contribution in [0.15, 0.2) is 0 Å². The number of halogens is 1. The van der Waals surface area contributed by atoms with Gasteiger partial charge in [-0.2, -0.15) is 0 Å². The van der Waals surface area contributed by atoms with Crippen LogP contribution < -0.4 is 0 Å². The van der Waals surface area contributed by atoms with E-state index in [1.165, 1.54) is 0 Å². The Kier molecular flexibility index (Phi) is 4.82. The zero-order chi connectivity index (χ0) is 12.3. The quantitative estimate of drug-likeness (QED) is 0.724. The van der Waals surface area contributed by atoms with Crippen LogP contribution in [-0.2, 0) is 14.3 Å². The molecule has 1 amide bonds. The first-order valence-electron chi connectivity index (χ1n) is 6.28. The molecule has 0 aromatic carbocycles. The van der Waals surface area contributed by atoms with Gasteiger partial charge in [-0.25, -0.2) is 0 Å². The average molecular weight is 306 g/mol. The van der Waals surface area contributed by atoms with E-state index >= 15 is 0 Å². The van der Waals surface area contributed by atoms with Crippen LogP contribution in [-0.4, -0.2) is 54.6 Å². The molecule has 5 heteroatoms. The summed E-state index contributed by atoms with van der Waals surface area (Å²) >= 11 is 3.43. The van der Waals surface area contributed by atoms with Crippen molar-refractivity contribution in [2.45, 2.75) is 32.0 Å². The third-order valence-corrected chi connectivity index (χ3v) is 4.10. The van der Waals surface area contributed by atoms with Gasteiger partial charge < -0.3 is 14.4 Å². The van der Waals surface area contributed by atoms with E-state index in [0.29, 0.717) is 6.54 Å². The number of morpholine rings is 1. The fourth-order valence-corrected chi connectivity index (χ4v) is 2.87. The molecule has 0 aliphatic carbocycles. The van der Waals surface area contributed by atoms with Gasteiger partial charge in [-0.05, 0) is 19.8 Å². The maximum atomic E-state index is 12.4. The highest BCUT2D eigenvalue weighted by atomic mass is 79.9. The van der Waals surface area contributed by atoms with Crippen molar-refractivity contribution < 1.29 is 14.3 Å². The summed E-state index contributed by atoms with van der Waals surface area (Å²) in [6, 6.07) is 0. The largest absolute Gasteiger partial charge is 0.381 e. The second-order valence-electron chi connectivity index (χ2n) is 4.85. The molecule has 0 spiro atoms. The smallest absolute Gasteiger partial charge is 0.226 e. The minimum atomic E-state index is 0.127. The van der Waals surface area contributed by atoms with Crippen molar-refractivity contribution in [2.24, 2.45) is 5.92 Å². The van der Waals surface area contributed by atoms with E-state index in [1.54, 1.807) is 0 Å². The Labute approximate surface area is 111 Å². The fraction of sp³-hybridized carbons (Fsp3) is 0.917. The number of carbonyl (C=O) groups excluding carboxylic acids is 1. The molecule has 0 bridgehead atoms. The first kappa shape index (κ1) is 13.3. The summed E-state index contributed by atoms with van der Waals surface area (Å²) in [5.74, 6) is 0.444. The second-order valence-corrected chi connectivity index (χ2v) is 5.50. The Hall–Kier alpha value is -0.130. The predicted molar refractivity (Wildman–Crippen MR) is 68.3 cm³/mol. The summed E-state index contributed by atoms with van der Waals surface area (Å²) in [5, 5.41) is 0.787. The van der Waals surface area contributed by atoms with Gasteiger partial charge in [0.1, 0.15) is 0 Å². The van der Waals surface area contributed by atoms with Gasteiger partial charge in [0.25, 0.3) is 0 Å². The van der Waals surface area contributed by atoms with Crippen molar-refractivity contribution in [1.82, 2.24) is 4.90 Å². The molecular formula is C12H20BrNO3. The van der Waals surface area contributed by atoms with Crippen LogP contribution in [0.2, 0.25) is 0 Å². The number of rotatable bonds is 2. The van der Waals surface area contributed by atoms with Crippen LogP contribution in [0.4, 0.5) is 0 Å². The molecule has 2 heterocycles. The average Bonchev–Trinajstić information content (AvgIpc) is 2.38. The lowest BCUT2D eigenvalue weighted by atomic mass is 9.98. The number of carbonyl (C=O) groups is 1. The van der Waals surface area contributed by atoms with Gasteiger partial charge >= 0.3 is 0 Å².